The number of Topliss-reactive ketones (excluding diaryl/α,β-unsaturated/α-hetero) is 1. The summed E-state index contributed by atoms with van der Waals surface area (Å²) in [5.41, 5.74) is 4.13. The molecule has 3 rings (SSSR count). The summed E-state index contributed by atoms with van der Waals surface area (Å²) >= 11 is 1.52. The predicted octanol–water partition coefficient (Wildman–Crippen LogP) is 3.15. The maximum Gasteiger partial charge on any atom is 0.251 e. The van der Waals surface area contributed by atoms with E-state index >= 15 is 0 Å². The van der Waals surface area contributed by atoms with Gasteiger partial charge in [0, 0.05) is 28.6 Å². The number of thiazole rings is 1. The molecule has 0 aliphatic heterocycles. The molecule has 1 amide bonds. The Labute approximate surface area is 127 Å². The largest absolute Gasteiger partial charge is 0.345 e. The number of rotatable bonds is 3. The first-order valence-electron chi connectivity index (χ1n) is 7.00. The molecule has 108 valence electrons. The van der Waals surface area contributed by atoms with E-state index in [-0.39, 0.29) is 17.7 Å². The highest BCUT2D eigenvalue weighted by atomic mass is 32.1. The van der Waals surface area contributed by atoms with E-state index in [1.54, 1.807) is 23.8 Å². The molecule has 1 atom stereocenters. The third-order valence-electron chi connectivity index (χ3n) is 3.74. The number of amides is 1. The normalized spacial score (nSPS) is 15.4. The highest BCUT2D eigenvalue weighted by Crippen LogP contribution is 2.23. The number of hydrogen-bond acceptors (Lipinski definition) is 4. The molecule has 1 N–H and O–H groups in total. The first-order chi connectivity index (χ1) is 10.1. The van der Waals surface area contributed by atoms with Gasteiger partial charge in [-0.3, -0.25) is 14.6 Å². The van der Waals surface area contributed by atoms with Crippen LogP contribution in [0.4, 0.5) is 0 Å². The minimum Gasteiger partial charge on any atom is -0.345 e. The van der Waals surface area contributed by atoms with E-state index in [2.05, 4.69) is 10.3 Å². The quantitative estimate of drug-likeness (QED) is 0.947. The van der Waals surface area contributed by atoms with Gasteiger partial charge in [-0.05, 0) is 37.5 Å². The Bertz CT molecular complexity index is 680. The van der Waals surface area contributed by atoms with Gasteiger partial charge >= 0.3 is 0 Å². The minimum absolute atomic E-state index is 0.0670. The van der Waals surface area contributed by atoms with Crippen molar-refractivity contribution >= 4 is 23.0 Å². The van der Waals surface area contributed by atoms with E-state index in [0.29, 0.717) is 12.0 Å². The number of carbonyl (C=O) groups is 2. The van der Waals surface area contributed by atoms with Crippen LogP contribution in [0.1, 0.15) is 57.0 Å². The Balaban J connectivity index is 1.77. The second-order valence-corrected chi connectivity index (χ2v) is 6.17. The topological polar surface area (TPSA) is 59.1 Å². The van der Waals surface area contributed by atoms with Crippen molar-refractivity contribution in [1.29, 1.82) is 0 Å². The molecule has 1 aromatic heterocycles. The third kappa shape index (κ3) is 2.88. The van der Waals surface area contributed by atoms with Gasteiger partial charge in [-0.2, -0.15) is 0 Å². The Hall–Kier alpha value is -2.01. The molecule has 21 heavy (non-hydrogen) atoms. The maximum atomic E-state index is 12.3. The lowest BCUT2D eigenvalue weighted by molar-refractivity contribution is 0.0935. The van der Waals surface area contributed by atoms with Crippen molar-refractivity contribution in [1.82, 2.24) is 10.3 Å². The molecule has 2 aromatic rings. The molecule has 1 aromatic carbocycles. The number of ketones is 1. The molecule has 4 nitrogen and oxygen atoms in total. The molecular formula is C16H16N2O2S. The number of aryl methyl sites for hydroxylation is 1. The van der Waals surface area contributed by atoms with Gasteiger partial charge in [-0.1, -0.05) is 6.07 Å². The summed E-state index contributed by atoms with van der Waals surface area (Å²) in [7, 11) is 0. The standard InChI is InChI=1S/C16H16N2O2S/c1-10(15-8-17-9-21-15)18-16(20)12-5-6-13-11(7-12)3-2-4-14(13)19/h5-10H,2-4H2,1H3,(H,18,20). The lowest BCUT2D eigenvalue weighted by Crippen LogP contribution is -2.26. The zero-order valence-corrected chi connectivity index (χ0v) is 12.6. The van der Waals surface area contributed by atoms with Crippen LogP contribution in [-0.2, 0) is 6.42 Å². The van der Waals surface area contributed by atoms with Crippen molar-refractivity contribution in [3.05, 3.63) is 51.5 Å². The number of aromatic nitrogens is 1. The van der Waals surface area contributed by atoms with Gasteiger partial charge in [-0.15, -0.1) is 11.3 Å². The average molecular weight is 300 g/mol. The fourth-order valence-corrected chi connectivity index (χ4v) is 3.21. The highest BCUT2D eigenvalue weighted by Gasteiger charge is 2.19. The summed E-state index contributed by atoms with van der Waals surface area (Å²) in [5, 5.41) is 2.96. The Morgan fingerprint density at radius 2 is 2.24 bits per heavy atom. The van der Waals surface area contributed by atoms with Gasteiger partial charge in [0.1, 0.15) is 0 Å². The summed E-state index contributed by atoms with van der Waals surface area (Å²) in [4.78, 5) is 29.1. The van der Waals surface area contributed by atoms with Crippen LogP contribution in [-0.4, -0.2) is 16.7 Å². The average Bonchev–Trinajstić information content (AvgIpc) is 3.01. The third-order valence-corrected chi connectivity index (χ3v) is 4.70. The van der Waals surface area contributed by atoms with Gasteiger partial charge in [0.2, 0.25) is 0 Å². The van der Waals surface area contributed by atoms with E-state index in [4.69, 9.17) is 0 Å². The highest BCUT2D eigenvalue weighted by molar-refractivity contribution is 7.09. The van der Waals surface area contributed by atoms with Crippen molar-refractivity contribution in [3.63, 3.8) is 0 Å². The number of benzene rings is 1. The van der Waals surface area contributed by atoms with Crippen molar-refractivity contribution in [2.24, 2.45) is 0 Å². The Morgan fingerprint density at radius 3 is 3.00 bits per heavy atom. The summed E-state index contributed by atoms with van der Waals surface area (Å²) < 4.78 is 0. The van der Waals surface area contributed by atoms with Crippen LogP contribution in [0.3, 0.4) is 0 Å². The van der Waals surface area contributed by atoms with E-state index in [1.165, 1.54) is 11.3 Å². The van der Waals surface area contributed by atoms with Crippen LogP contribution in [0.15, 0.2) is 29.9 Å². The molecule has 0 fully saturated rings. The number of fused-ring (bicyclic) bond motifs is 1. The maximum absolute atomic E-state index is 12.3. The van der Waals surface area contributed by atoms with Crippen molar-refractivity contribution in [2.75, 3.05) is 0 Å². The number of nitrogens with zero attached hydrogens (tertiary/aromatic N) is 1. The number of carbonyl (C=O) groups excluding carboxylic acids is 2. The molecular weight excluding hydrogens is 284 g/mol. The number of hydrogen-bond donors (Lipinski definition) is 1. The Morgan fingerprint density at radius 1 is 1.38 bits per heavy atom. The monoisotopic (exact) mass is 300 g/mol. The molecule has 5 heteroatoms. The smallest absolute Gasteiger partial charge is 0.251 e. The fourth-order valence-electron chi connectivity index (χ4n) is 2.58. The second kappa shape index (κ2) is 5.77. The first-order valence-corrected chi connectivity index (χ1v) is 7.88. The molecule has 0 bridgehead atoms. The molecule has 0 saturated heterocycles. The lowest BCUT2D eigenvalue weighted by atomic mass is 9.89. The lowest BCUT2D eigenvalue weighted by Gasteiger charge is -2.16. The van der Waals surface area contributed by atoms with Crippen LogP contribution in [0.2, 0.25) is 0 Å². The molecule has 1 unspecified atom stereocenters. The van der Waals surface area contributed by atoms with Gasteiger partial charge in [-0.25, -0.2) is 0 Å². The van der Waals surface area contributed by atoms with Gasteiger partial charge < -0.3 is 5.32 Å². The molecule has 0 saturated carbocycles. The van der Waals surface area contributed by atoms with Crippen molar-refractivity contribution in [2.45, 2.75) is 32.2 Å². The molecule has 0 spiro atoms. The molecule has 0 radical (unpaired) electrons. The van der Waals surface area contributed by atoms with Crippen LogP contribution in [0.25, 0.3) is 0 Å². The van der Waals surface area contributed by atoms with E-state index in [1.807, 2.05) is 13.0 Å². The van der Waals surface area contributed by atoms with Gasteiger partial charge in [0.05, 0.1) is 11.6 Å². The van der Waals surface area contributed by atoms with E-state index in [9.17, 15) is 9.59 Å². The molecule has 1 heterocycles. The van der Waals surface area contributed by atoms with Gasteiger partial charge in [0.15, 0.2) is 5.78 Å². The summed E-state index contributed by atoms with van der Waals surface area (Å²) in [6, 6.07) is 5.30. The van der Waals surface area contributed by atoms with Crippen molar-refractivity contribution in [3.8, 4) is 0 Å². The summed E-state index contributed by atoms with van der Waals surface area (Å²) in [5.74, 6) is 0.0676. The van der Waals surface area contributed by atoms with Crippen LogP contribution < -0.4 is 5.32 Å². The summed E-state index contributed by atoms with van der Waals surface area (Å²) in [6.45, 7) is 1.94. The molecule has 1 aliphatic rings. The zero-order valence-electron chi connectivity index (χ0n) is 11.8. The molecule has 1 aliphatic carbocycles. The van der Waals surface area contributed by atoms with Crippen LogP contribution in [0, 0.1) is 0 Å². The van der Waals surface area contributed by atoms with Crippen LogP contribution in [0.5, 0.6) is 0 Å². The van der Waals surface area contributed by atoms with E-state index in [0.717, 1.165) is 28.8 Å². The summed E-state index contributed by atoms with van der Waals surface area (Å²) in [6.07, 6.45) is 4.11. The SMILES string of the molecule is CC(NC(=O)c1ccc2c(c1)CCCC2=O)c1cncs1. The van der Waals surface area contributed by atoms with E-state index < -0.39 is 0 Å². The number of nitrogens with one attached hydrogen (secondary N) is 1. The van der Waals surface area contributed by atoms with Crippen LogP contribution >= 0.6 is 11.3 Å². The zero-order chi connectivity index (χ0) is 14.8. The van der Waals surface area contributed by atoms with Gasteiger partial charge in [0.25, 0.3) is 5.91 Å². The van der Waals surface area contributed by atoms with Crippen molar-refractivity contribution < 1.29 is 9.59 Å². The fraction of sp³-hybridized carbons (Fsp3) is 0.312. The second-order valence-electron chi connectivity index (χ2n) is 5.25. The Kier molecular flexibility index (Phi) is 3.84. The first kappa shape index (κ1) is 13.9. The minimum atomic E-state index is -0.114. The predicted molar refractivity (Wildman–Crippen MR) is 81.7 cm³/mol.